The molecule has 5 rings (SSSR count). The van der Waals surface area contributed by atoms with Crippen LogP contribution in [0.1, 0.15) is 11.3 Å². The summed E-state index contributed by atoms with van der Waals surface area (Å²) in [6, 6.07) is 16.0. The van der Waals surface area contributed by atoms with Crippen molar-refractivity contribution in [2.75, 3.05) is 13.7 Å². The Hall–Kier alpha value is -3.50. The van der Waals surface area contributed by atoms with Crippen LogP contribution < -0.4 is 4.74 Å². The number of hydrogen-bond acceptors (Lipinski definition) is 7. The standard InChI is InChI=1S/C22H21N5O4S/c1-26-19-11-12-27(32(28,29)17-10-6-9-16(13-17)30-2)14-18(19)20(24-26)22-23-21(25-31-22)15-7-4-3-5-8-15/h3-10,13H,11-12,14H2,1-2H3. The minimum absolute atomic E-state index is 0.168. The zero-order valence-electron chi connectivity index (χ0n) is 17.6. The Balaban J connectivity index is 1.50. The van der Waals surface area contributed by atoms with Gasteiger partial charge in [-0.05, 0) is 12.1 Å². The van der Waals surface area contributed by atoms with Gasteiger partial charge in [0.25, 0.3) is 5.89 Å². The average Bonchev–Trinajstić information content (AvgIpc) is 3.44. The van der Waals surface area contributed by atoms with Crippen LogP contribution in [-0.4, -0.2) is 46.3 Å². The van der Waals surface area contributed by atoms with Crippen molar-refractivity contribution >= 4 is 10.0 Å². The van der Waals surface area contributed by atoms with Crippen molar-refractivity contribution in [1.82, 2.24) is 24.2 Å². The Morgan fingerprint density at radius 3 is 2.69 bits per heavy atom. The molecule has 0 N–H and O–H groups in total. The van der Waals surface area contributed by atoms with Gasteiger partial charge >= 0.3 is 0 Å². The van der Waals surface area contributed by atoms with E-state index in [2.05, 4.69) is 15.2 Å². The molecule has 0 fully saturated rings. The first-order valence-corrected chi connectivity index (χ1v) is 11.5. The Morgan fingerprint density at radius 2 is 1.91 bits per heavy atom. The highest BCUT2D eigenvalue weighted by Gasteiger charge is 2.33. The molecule has 164 valence electrons. The lowest BCUT2D eigenvalue weighted by Gasteiger charge is -2.26. The molecular weight excluding hydrogens is 430 g/mol. The van der Waals surface area contributed by atoms with Gasteiger partial charge in [-0.25, -0.2) is 8.42 Å². The van der Waals surface area contributed by atoms with Gasteiger partial charge < -0.3 is 9.26 Å². The van der Waals surface area contributed by atoms with Crippen LogP contribution in [0.2, 0.25) is 0 Å². The third-order valence-corrected chi connectivity index (χ3v) is 7.39. The monoisotopic (exact) mass is 451 g/mol. The molecule has 0 saturated carbocycles. The van der Waals surface area contributed by atoms with E-state index in [0.717, 1.165) is 16.8 Å². The minimum Gasteiger partial charge on any atom is -0.497 e. The molecule has 2 aromatic heterocycles. The van der Waals surface area contributed by atoms with Crippen LogP contribution in [0.4, 0.5) is 0 Å². The lowest BCUT2D eigenvalue weighted by atomic mass is 10.1. The fourth-order valence-electron chi connectivity index (χ4n) is 3.88. The van der Waals surface area contributed by atoms with Crippen molar-refractivity contribution < 1.29 is 17.7 Å². The van der Waals surface area contributed by atoms with Crippen LogP contribution in [0.25, 0.3) is 23.0 Å². The molecule has 0 bridgehead atoms. The van der Waals surface area contributed by atoms with E-state index in [1.807, 2.05) is 37.4 Å². The molecule has 0 spiro atoms. The highest BCUT2D eigenvalue weighted by Crippen LogP contribution is 2.32. The summed E-state index contributed by atoms with van der Waals surface area (Å²) in [7, 11) is -0.370. The molecule has 0 aliphatic carbocycles. The van der Waals surface area contributed by atoms with Gasteiger partial charge in [-0.3, -0.25) is 4.68 Å². The van der Waals surface area contributed by atoms with Gasteiger partial charge in [0.1, 0.15) is 5.75 Å². The number of methoxy groups -OCH3 is 1. The molecule has 10 heteroatoms. The van der Waals surface area contributed by atoms with Crippen molar-refractivity contribution in [2.45, 2.75) is 17.9 Å². The second kappa shape index (κ2) is 7.88. The normalized spacial score (nSPS) is 14.3. The zero-order valence-corrected chi connectivity index (χ0v) is 18.4. The minimum atomic E-state index is -3.72. The second-order valence-electron chi connectivity index (χ2n) is 7.45. The lowest BCUT2D eigenvalue weighted by Crippen LogP contribution is -2.36. The summed E-state index contributed by atoms with van der Waals surface area (Å²) in [6.07, 6.45) is 0.529. The highest BCUT2D eigenvalue weighted by molar-refractivity contribution is 7.89. The van der Waals surface area contributed by atoms with Gasteiger partial charge in [0.05, 0.1) is 12.0 Å². The van der Waals surface area contributed by atoms with E-state index in [1.165, 1.54) is 17.5 Å². The number of nitrogens with zero attached hydrogens (tertiary/aromatic N) is 5. The third kappa shape index (κ3) is 3.47. The number of rotatable bonds is 5. The van der Waals surface area contributed by atoms with Crippen LogP contribution in [-0.2, 0) is 30.0 Å². The first kappa shape index (κ1) is 20.4. The summed E-state index contributed by atoms with van der Waals surface area (Å²) in [5, 5.41) is 8.64. The maximum absolute atomic E-state index is 13.3. The molecule has 1 aliphatic heterocycles. The van der Waals surface area contributed by atoms with Gasteiger partial charge in [0, 0.05) is 49.4 Å². The molecule has 32 heavy (non-hydrogen) atoms. The van der Waals surface area contributed by atoms with E-state index in [0.29, 0.717) is 30.2 Å². The molecule has 3 heterocycles. The van der Waals surface area contributed by atoms with Crippen LogP contribution in [0, 0.1) is 0 Å². The summed E-state index contributed by atoms with van der Waals surface area (Å²) in [4.78, 5) is 4.69. The van der Waals surface area contributed by atoms with Gasteiger partial charge in [-0.2, -0.15) is 14.4 Å². The number of ether oxygens (including phenoxy) is 1. The van der Waals surface area contributed by atoms with E-state index in [-0.39, 0.29) is 17.3 Å². The zero-order chi connectivity index (χ0) is 22.3. The molecule has 0 saturated heterocycles. The number of hydrogen-bond donors (Lipinski definition) is 0. The number of fused-ring (bicyclic) bond motifs is 1. The van der Waals surface area contributed by atoms with Gasteiger partial charge in [0.2, 0.25) is 15.8 Å². The summed E-state index contributed by atoms with van der Waals surface area (Å²) in [5.41, 5.74) is 3.06. The summed E-state index contributed by atoms with van der Waals surface area (Å²) >= 11 is 0. The maximum atomic E-state index is 13.3. The average molecular weight is 452 g/mol. The Labute approximate surface area is 185 Å². The molecule has 0 atom stereocenters. The van der Waals surface area contributed by atoms with E-state index < -0.39 is 10.0 Å². The summed E-state index contributed by atoms with van der Waals surface area (Å²) in [6.45, 7) is 0.520. The number of sulfonamides is 1. The number of benzene rings is 2. The SMILES string of the molecule is COc1cccc(S(=O)(=O)N2CCc3c(c(-c4nc(-c5ccccc5)no4)nn3C)C2)c1. The second-order valence-corrected chi connectivity index (χ2v) is 9.39. The Bertz CT molecular complexity index is 1380. The highest BCUT2D eigenvalue weighted by atomic mass is 32.2. The molecule has 0 radical (unpaired) electrons. The predicted molar refractivity (Wildman–Crippen MR) is 116 cm³/mol. The molecule has 0 unspecified atom stereocenters. The van der Waals surface area contributed by atoms with Crippen molar-refractivity contribution in [2.24, 2.45) is 7.05 Å². The van der Waals surface area contributed by atoms with Crippen molar-refractivity contribution in [3.05, 3.63) is 65.9 Å². The van der Waals surface area contributed by atoms with Crippen LogP contribution >= 0.6 is 0 Å². The van der Waals surface area contributed by atoms with Crippen LogP contribution in [0.15, 0.2) is 64.0 Å². The van der Waals surface area contributed by atoms with Crippen molar-refractivity contribution in [1.29, 1.82) is 0 Å². The predicted octanol–water partition coefficient (Wildman–Crippen LogP) is 2.89. The first-order chi connectivity index (χ1) is 15.5. The van der Waals surface area contributed by atoms with Crippen LogP contribution in [0.3, 0.4) is 0 Å². The fraction of sp³-hybridized carbons (Fsp3) is 0.227. The molecule has 0 amide bonds. The molecule has 9 nitrogen and oxygen atoms in total. The molecule has 2 aromatic carbocycles. The van der Waals surface area contributed by atoms with E-state index in [1.54, 1.807) is 22.9 Å². The van der Waals surface area contributed by atoms with E-state index in [4.69, 9.17) is 9.26 Å². The number of aryl methyl sites for hydroxylation is 1. The first-order valence-electron chi connectivity index (χ1n) is 10.1. The Kier molecular flexibility index (Phi) is 5.03. The van der Waals surface area contributed by atoms with Crippen molar-refractivity contribution in [3.63, 3.8) is 0 Å². The third-order valence-electron chi connectivity index (χ3n) is 5.55. The van der Waals surface area contributed by atoms with Gasteiger partial charge in [-0.15, -0.1) is 0 Å². The number of aromatic nitrogens is 4. The molecule has 4 aromatic rings. The quantitative estimate of drug-likeness (QED) is 0.460. The topological polar surface area (TPSA) is 103 Å². The van der Waals surface area contributed by atoms with Gasteiger partial charge in [-0.1, -0.05) is 41.6 Å². The smallest absolute Gasteiger partial charge is 0.279 e. The van der Waals surface area contributed by atoms with Crippen molar-refractivity contribution in [3.8, 4) is 28.7 Å². The largest absolute Gasteiger partial charge is 0.497 e. The van der Waals surface area contributed by atoms with E-state index >= 15 is 0 Å². The Morgan fingerprint density at radius 1 is 1.09 bits per heavy atom. The lowest BCUT2D eigenvalue weighted by molar-refractivity contribution is 0.383. The van der Waals surface area contributed by atoms with E-state index in [9.17, 15) is 8.42 Å². The molecule has 1 aliphatic rings. The summed E-state index contributed by atoms with van der Waals surface area (Å²) < 4.78 is 40.5. The fourth-order valence-corrected chi connectivity index (χ4v) is 5.32. The van der Waals surface area contributed by atoms with Crippen LogP contribution in [0.5, 0.6) is 5.75 Å². The molecular formula is C22H21N5O4S. The van der Waals surface area contributed by atoms with Gasteiger partial charge in [0.15, 0.2) is 5.69 Å². The maximum Gasteiger partial charge on any atom is 0.279 e. The summed E-state index contributed by atoms with van der Waals surface area (Å²) in [5.74, 6) is 1.21.